The third-order valence-electron chi connectivity index (χ3n) is 5.60. The molecule has 4 rings (SSSR count). The zero-order valence-electron chi connectivity index (χ0n) is 17.8. The van der Waals surface area contributed by atoms with Gasteiger partial charge in [0.05, 0.1) is 11.1 Å². The first-order chi connectivity index (χ1) is 16.3. The first-order valence-electron chi connectivity index (χ1n) is 10.5. The smallest absolute Gasteiger partial charge is 0.417 e. The summed E-state index contributed by atoms with van der Waals surface area (Å²) >= 11 is 0. The van der Waals surface area contributed by atoms with E-state index in [1.807, 2.05) is 48.5 Å². The van der Waals surface area contributed by atoms with Crippen LogP contribution >= 0.6 is 0 Å². The Morgan fingerprint density at radius 1 is 0.971 bits per heavy atom. The second-order valence-corrected chi connectivity index (χ2v) is 7.72. The fourth-order valence-corrected chi connectivity index (χ4v) is 4.07. The molecule has 0 atom stereocenters. The summed E-state index contributed by atoms with van der Waals surface area (Å²) in [6, 6.07) is 18.8. The highest BCUT2D eigenvalue weighted by Gasteiger charge is 2.35. The highest BCUT2D eigenvalue weighted by atomic mass is 19.4. The molecule has 0 unspecified atom stereocenters. The number of ether oxygens (including phenoxy) is 1. The van der Waals surface area contributed by atoms with E-state index in [9.17, 15) is 22.8 Å². The van der Waals surface area contributed by atoms with Crippen LogP contribution in [0.2, 0.25) is 0 Å². The molecule has 0 saturated carbocycles. The molecule has 1 aliphatic rings. The van der Waals surface area contributed by atoms with Crippen molar-refractivity contribution in [3.63, 3.8) is 0 Å². The number of carbonyl (C=O) groups excluding carboxylic acids is 1. The molecule has 0 aromatic heterocycles. The van der Waals surface area contributed by atoms with E-state index in [4.69, 9.17) is 9.84 Å². The zero-order valence-corrected chi connectivity index (χ0v) is 17.8. The van der Waals surface area contributed by atoms with Gasteiger partial charge in [-0.15, -0.1) is 0 Å². The first kappa shape index (κ1) is 23.1. The van der Waals surface area contributed by atoms with Gasteiger partial charge in [0, 0.05) is 12.5 Å². The van der Waals surface area contributed by atoms with Crippen LogP contribution < -0.4 is 5.32 Å². The van der Waals surface area contributed by atoms with Gasteiger partial charge in [0.25, 0.3) is 0 Å². The Balaban J connectivity index is 1.35. The number of hydrogen-bond acceptors (Lipinski definition) is 3. The number of alkyl carbamates (subject to hydrolysis) is 1. The first-order valence-corrected chi connectivity index (χ1v) is 10.5. The van der Waals surface area contributed by atoms with Gasteiger partial charge in [-0.3, -0.25) is 0 Å². The topological polar surface area (TPSA) is 75.6 Å². The van der Waals surface area contributed by atoms with Crippen molar-refractivity contribution in [2.75, 3.05) is 13.2 Å². The van der Waals surface area contributed by atoms with Crippen LogP contribution in [-0.4, -0.2) is 30.3 Å². The van der Waals surface area contributed by atoms with E-state index in [0.717, 1.165) is 34.4 Å². The summed E-state index contributed by atoms with van der Waals surface area (Å²) in [5.74, 6) is -1.73. The maximum absolute atomic E-state index is 13.1. The number of halogens is 3. The number of aromatic carboxylic acids is 1. The molecule has 0 radical (unpaired) electrons. The molecule has 174 valence electrons. The number of carboxylic acid groups (broad SMARTS) is 1. The molecule has 0 bridgehead atoms. The van der Waals surface area contributed by atoms with Crippen molar-refractivity contribution in [3.05, 3.63) is 101 Å². The summed E-state index contributed by atoms with van der Waals surface area (Å²) in [4.78, 5) is 23.2. The van der Waals surface area contributed by atoms with Crippen LogP contribution in [0.25, 0.3) is 17.2 Å². The number of amides is 1. The normalized spacial score (nSPS) is 12.9. The number of nitrogens with one attached hydrogen (secondary N) is 1. The lowest BCUT2D eigenvalue weighted by molar-refractivity contribution is -0.138. The third-order valence-corrected chi connectivity index (χ3v) is 5.60. The van der Waals surface area contributed by atoms with Crippen LogP contribution in [0.4, 0.5) is 18.0 Å². The Kier molecular flexibility index (Phi) is 6.40. The van der Waals surface area contributed by atoms with Crippen molar-refractivity contribution in [2.45, 2.75) is 12.1 Å². The van der Waals surface area contributed by atoms with Crippen molar-refractivity contribution in [2.24, 2.45) is 0 Å². The van der Waals surface area contributed by atoms with E-state index in [-0.39, 0.29) is 24.6 Å². The molecule has 0 spiro atoms. The quantitative estimate of drug-likeness (QED) is 0.469. The number of rotatable bonds is 6. The van der Waals surface area contributed by atoms with Gasteiger partial charge in [0.1, 0.15) is 6.61 Å². The van der Waals surface area contributed by atoms with E-state index < -0.39 is 29.4 Å². The second kappa shape index (κ2) is 9.43. The fourth-order valence-electron chi connectivity index (χ4n) is 4.07. The predicted octanol–water partition coefficient (Wildman–Crippen LogP) is 5.96. The molecule has 3 aromatic rings. The number of fused-ring (bicyclic) bond motifs is 3. The van der Waals surface area contributed by atoms with E-state index in [1.165, 1.54) is 18.2 Å². The Morgan fingerprint density at radius 2 is 1.59 bits per heavy atom. The van der Waals surface area contributed by atoms with Gasteiger partial charge in [-0.25, -0.2) is 9.59 Å². The standard InChI is InChI=1S/C26H20F3NO4/c27-26(28,29)23-14-16(11-12-21(23)24(31)32)6-5-13-30-25(33)34-15-22-19-9-3-1-7-17(19)18-8-2-4-10-20(18)22/h1-12,14,22H,13,15H2,(H,30,33)(H,31,32). The zero-order chi connectivity index (χ0) is 24.3. The van der Waals surface area contributed by atoms with Crippen LogP contribution in [0.5, 0.6) is 0 Å². The summed E-state index contributed by atoms with van der Waals surface area (Å²) in [5, 5.41) is 11.5. The van der Waals surface area contributed by atoms with Crippen molar-refractivity contribution in [1.82, 2.24) is 5.32 Å². The maximum atomic E-state index is 13.1. The Labute approximate surface area is 193 Å². The molecule has 5 nitrogen and oxygen atoms in total. The second-order valence-electron chi connectivity index (χ2n) is 7.72. The largest absolute Gasteiger partial charge is 0.478 e. The lowest BCUT2D eigenvalue weighted by atomic mass is 9.98. The number of hydrogen-bond donors (Lipinski definition) is 2. The van der Waals surface area contributed by atoms with Gasteiger partial charge in [-0.2, -0.15) is 13.2 Å². The number of carboxylic acids is 1. The van der Waals surface area contributed by atoms with E-state index in [0.29, 0.717) is 0 Å². The number of alkyl halides is 3. The van der Waals surface area contributed by atoms with Gasteiger partial charge >= 0.3 is 18.2 Å². The van der Waals surface area contributed by atoms with Crippen LogP contribution in [0.15, 0.2) is 72.8 Å². The molecule has 0 aliphatic heterocycles. The highest BCUT2D eigenvalue weighted by Crippen LogP contribution is 2.44. The van der Waals surface area contributed by atoms with Crippen molar-refractivity contribution >= 4 is 18.1 Å². The maximum Gasteiger partial charge on any atom is 0.417 e. The van der Waals surface area contributed by atoms with Crippen LogP contribution in [0.1, 0.15) is 38.5 Å². The summed E-state index contributed by atoms with van der Waals surface area (Å²) in [5.41, 5.74) is 2.51. The Morgan fingerprint density at radius 3 is 2.18 bits per heavy atom. The van der Waals surface area contributed by atoms with Gasteiger partial charge < -0.3 is 15.2 Å². The Bertz CT molecular complexity index is 1220. The van der Waals surface area contributed by atoms with Gasteiger partial charge in [0.2, 0.25) is 0 Å². The molecule has 1 aliphatic carbocycles. The molecule has 8 heteroatoms. The third kappa shape index (κ3) is 4.80. The summed E-state index contributed by atoms with van der Waals surface area (Å²) < 4.78 is 44.8. The van der Waals surface area contributed by atoms with Crippen molar-refractivity contribution < 1.29 is 32.6 Å². The van der Waals surface area contributed by atoms with Gasteiger partial charge in [-0.05, 0) is 39.9 Å². The minimum atomic E-state index is -4.79. The molecule has 0 saturated heterocycles. The minimum absolute atomic E-state index is 0.0265. The molecular weight excluding hydrogens is 447 g/mol. The van der Waals surface area contributed by atoms with E-state index >= 15 is 0 Å². The lowest BCUT2D eigenvalue weighted by Crippen LogP contribution is -2.26. The molecule has 0 heterocycles. The molecule has 3 aromatic carbocycles. The molecular formula is C26H20F3NO4. The van der Waals surface area contributed by atoms with Crippen molar-refractivity contribution in [1.29, 1.82) is 0 Å². The van der Waals surface area contributed by atoms with Crippen LogP contribution in [-0.2, 0) is 10.9 Å². The fraction of sp³-hybridized carbons (Fsp3) is 0.154. The average Bonchev–Trinajstić information content (AvgIpc) is 3.13. The molecule has 2 N–H and O–H groups in total. The SMILES string of the molecule is O=C(NCC=Cc1ccc(C(=O)O)c(C(F)(F)F)c1)OCC1c2ccccc2-c2ccccc21. The molecule has 1 amide bonds. The summed E-state index contributed by atoms with van der Waals surface area (Å²) in [6.45, 7) is 0.174. The summed E-state index contributed by atoms with van der Waals surface area (Å²) in [6.07, 6.45) is -2.62. The Hall–Kier alpha value is -4.07. The van der Waals surface area contributed by atoms with Gasteiger partial charge in [0.15, 0.2) is 0 Å². The molecule has 0 fully saturated rings. The highest BCUT2D eigenvalue weighted by molar-refractivity contribution is 5.90. The predicted molar refractivity (Wildman–Crippen MR) is 121 cm³/mol. The average molecular weight is 467 g/mol. The summed E-state index contributed by atoms with van der Waals surface area (Å²) in [7, 11) is 0. The van der Waals surface area contributed by atoms with E-state index in [2.05, 4.69) is 5.32 Å². The van der Waals surface area contributed by atoms with E-state index in [1.54, 1.807) is 0 Å². The minimum Gasteiger partial charge on any atom is -0.478 e. The number of carbonyl (C=O) groups is 2. The van der Waals surface area contributed by atoms with Crippen molar-refractivity contribution in [3.8, 4) is 11.1 Å². The monoisotopic (exact) mass is 467 g/mol. The lowest BCUT2D eigenvalue weighted by Gasteiger charge is -2.14. The number of benzene rings is 3. The van der Waals surface area contributed by atoms with Gasteiger partial charge in [-0.1, -0.05) is 66.7 Å². The molecule has 34 heavy (non-hydrogen) atoms. The van der Waals surface area contributed by atoms with Crippen LogP contribution in [0.3, 0.4) is 0 Å². The van der Waals surface area contributed by atoms with Crippen LogP contribution in [0, 0.1) is 0 Å².